The van der Waals surface area contributed by atoms with Crippen molar-refractivity contribution in [2.24, 2.45) is 0 Å². The molecule has 0 saturated carbocycles. The van der Waals surface area contributed by atoms with Crippen molar-refractivity contribution < 1.29 is 4.74 Å². The van der Waals surface area contributed by atoms with E-state index < -0.39 is 0 Å². The minimum atomic E-state index is 0.455. The second-order valence-corrected chi connectivity index (χ2v) is 7.79. The predicted molar refractivity (Wildman–Crippen MR) is 122 cm³/mol. The molecule has 5 heteroatoms. The summed E-state index contributed by atoms with van der Waals surface area (Å²) in [5.74, 6) is 1.66. The summed E-state index contributed by atoms with van der Waals surface area (Å²) in [5.41, 5.74) is 4.43. The van der Waals surface area contributed by atoms with Gasteiger partial charge in [-0.1, -0.05) is 57.5 Å². The fourth-order valence-electron chi connectivity index (χ4n) is 3.20. The van der Waals surface area contributed by atoms with Gasteiger partial charge in [-0.3, -0.25) is 0 Å². The molecule has 0 amide bonds. The van der Waals surface area contributed by atoms with Crippen LogP contribution in [0.4, 0.5) is 5.82 Å². The van der Waals surface area contributed by atoms with Gasteiger partial charge in [0, 0.05) is 51.9 Å². The van der Waals surface area contributed by atoms with Crippen LogP contribution < -0.4 is 5.32 Å². The van der Waals surface area contributed by atoms with E-state index in [0.29, 0.717) is 11.8 Å². The number of nitrogens with one attached hydrogen (secondary N) is 1. The average molecular weight is 479 g/mol. The van der Waals surface area contributed by atoms with Crippen LogP contribution in [0.15, 0.2) is 30.8 Å². The quantitative estimate of drug-likeness (QED) is 0.259. The molecule has 4 nitrogen and oxygen atoms in total. The number of hydrogen-bond acceptors (Lipinski definition) is 4. The lowest BCUT2D eigenvalue weighted by Crippen LogP contribution is -2.22. The Labute approximate surface area is 177 Å². The van der Waals surface area contributed by atoms with Crippen molar-refractivity contribution in [3.8, 4) is 0 Å². The minimum absolute atomic E-state index is 0.455. The van der Waals surface area contributed by atoms with Crippen LogP contribution in [0.3, 0.4) is 0 Å². The summed E-state index contributed by atoms with van der Waals surface area (Å²) in [7, 11) is 1.64. The van der Waals surface area contributed by atoms with Crippen molar-refractivity contribution in [1.82, 2.24) is 9.97 Å². The van der Waals surface area contributed by atoms with E-state index in [0.717, 1.165) is 40.2 Å². The molecule has 0 aliphatic rings. The number of aromatic nitrogens is 2. The highest BCUT2D eigenvalue weighted by atomic mass is 127. The van der Waals surface area contributed by atoms with Crippen molar-refractivity contribution in [2.45, 2.75) is 58.9 Å². The first-order valence-corrected chi connectivity index (χ1v) is 10.7. The molecule has 2 aromatic rings. The molecule has 0 aliphatic heterocycles. The molecule has 0 saturated heterocycles. The topological polar surface area (TPSA) is 47.0 Å². The monoisotopic (exact) mass is 479 g/mol. The van der Waals surface area contributed by atoms with Crippen LogP contribution >= 0.6 is 22.6 Å². The van der Waals surface area contributed by atoms with Gasteiger partial charge in [-0.25, -0.2) is 9.97 Å². The molecule has 1 aromatic carbocycles. The number of anilines is 1. The van der Waals surface area contributed by atoms with Crippen LogP contribution in [-0.2, 0) is 11.2 Å². The normalized spacial score (nSPS) is 10.9. The average Bonchev–Trinajstić information content (AvgIpc) is 2.65. The Kier molecular flexibility index (Phi) is 8.54. The molecule has 1 N–H and O–H groups in total. The van der Waals surface area contributed by atoms with Crippen molar-refractivity contribution in [3.05, 3.63) is 57.1 Å². The summed E-state index contributed by atoms with van der Waals surface area (Å²) in [6, 6.07) is 8.80. The maximum Gasteiger partial charge on any atom is 0.192 e. The molecule has 0 aliphatic carbocycles. The Morgan fingerprint density at radius 3 is 2.33 bits per heavy atom. The molecular weight excluding hydrogens is 449 g/mol. The highest BCUT2D eigenvalue weighted by molar-refractivity contribution is 14.1. The maximum absolute atomic E-state index is 5.21. The van der Waals surface area contributed by atoms with E-state index in [1.165, 1.54) is 24.0 Å². The van der Waals surface area contributed by atoms with E-state index in [9.17, 15) is 0 Å². The Morgan fingerprint density at radius 1 is 1.15 bits per heavy atom. The van der Waals surface area contributed by atoms with E-state index >= 15 is 0 Å². The summed E-state index contributed by atoms with van der Waals surface area (Å²) in [6.45, 7) is 10.4. The molecule has 27 heavy (non-hydrogen) atoms. The van der Waals surface area contributed by atoms with Gasteiger partial charge in [0.15, 0.2) is 3.83 Å². The van der Waals surface area contributed by atoms with Gasteiger partial charge in [0.25, 0.3) is 0 Å². The van der Waals surface area contributed by atoms with Gasteiger partial charge < -0.3 is 10.1 Å². The number of methoxy groups -OCH3 is 1. The summed E-state index contributed by atoms with van der Waals surface area (Å²) < 4.78 is 6.00. The predicted octanol–water partition coefficient (Wildman–Crippen LogP) is 5.98. The molecule has 0 unspecified atom stereocenters. The van der Waals surface area contributed by atoms with E-state index in [1.807, 2.05) is 12.1 Å². The fourth-order valence-corrected chi connectivity index (χ4v) is 3.81. The first-order chi connectivity index (χ1) is 13.0. The molecular formula is C22H30IN3O. The molecule has 146 valence electrons. The zero-order valence-corrected chi connectivity index (χ0v) is 19.0. The maximum atomic E-state index is 5.21. The third-order valence-electron chi connectivity index (χ3n) is 4.70. The van der Waals surface area contributed by atoms with E-state index in [1.54, 1.807) is 7.11 Å². The molecule has 0 fully saturated rings. The summed E-state index contributed by atoms with van der Waals surface area (Å²) >= 11 is 2.20. The number of benzene rings is 1. The number of hydrogen-bond donors (Lipinski definition) is 1. The lowest BCUT2D eigenvalue weighted by atomic mass is 10.0. The lowest BCUT2D eigenvalue weighted by Gasteiger charge is -2.21. The third kappa shape index (κ3) is 6.19. The van der Waals surface area contributed by atoms with Crippen LogP contribution in [0.25, 0.3) is 5.76 Å². The highest BCUT2D eigenvalue weighted by Gasteiger charge is 2.15. The zero-order valence-electron chi connectivity index (χ0n) is 16.8. The Hall–Kier alpha value is -1.63. The Bertz CT molecular complexity index is 753. The largest absolute Gasteiger partial charge is 0.497 e. The first-order valence-electron chi connectivity index (χ1n) is 9.60. The van der Waals surface area contributed by atoms with Crippen LogP contribution in [0.5, 0.6) is 0 Å². The van der Waals surface area contributed by atoms with Gasteiger partial charge in [0.2, 0.25) is 0 Å². The van der Waals surface area contributed by atoms with Gasteiger partial charge >= 0.3 is 0 Å². The molecule has 2 rings (SSSR count). The van der Waals surface area contributed by atoms with Gasteiger partial charge in [0.05, 0.1) is 7.11 Å². The van der Waals surface area contributed by atoms with Crippen LogP contribution in [0.2, 0.25) is 0 Å². The summed E-state index contributed by atoms with van der Waals surface area (Å²) in [4.78, 5) is 9.31. The number of halogens is 1. The van der Waals surface area contributed by atoms with Gasteiger partial charge in [-0.05, 0) is 25.3 Å². The molecule has 1 aromatic heterocycles. The number of ether oxygens (including phenoxy) is 1. The lowest BCUT2D eigenvalue weighted by molar-refractivity contribution is 0.371. The molecule has 0 spiro atoms. The minimum Gasteiger partial charge on any atom is -0.497 e. The molecule has 0 radical (unpaired) electrons. The Balaban J connectivity index is 2.28. The van der Waals surface area contributed by atoms with Crippen molar-refractivity contribution in [1.29, 1.82) is 0 Å². The van der Waals surface area contributed by atoms with E-state index in [-0.39, 0.29) is 0 Å². The number of nitrogens with zero attached hydrogens (tertiary/aromatic N) is 2. The fraction of sp³-hybridized carbons (Fsp3) is 0.455. The molecule has 0 bridgehead atoms. The number of rotatable bonds is 10. The summed E-state index contributed by atoms with van der Waals surface area (Å²) in [6.07, 6.45) is 5.44. The number of aryl methyl sites for hydroxylation is 1. The molecule has 0 atom stereocenters. The van der Waals surface area contributed by atoms with Crippen LogP contribution in [0.1, 0.15) is 61.9 Å². The van der Waals surface area contributed by atoms with Crippen molar-refractivity contribution in [2.75, 3.05) is 12.4 Å². The van der Waals surface area contributed by atoms with Crippen molar-refractivity contribution >= 4 is 34.2 Å². The van der Waals surface area contributed by atoms with E-state index in [4.69, 9.17) is 9.72 Å². The molecule has 1 heterocycles. The third-order valence-corrected chi connectivity index (χ3v) is 5.19. The highest BCUT2D eigenvalue weighted by Crippen LogP contribution is 2.24. The second kappa shape index (κ2) is 10.6. The smallest absolute Gasteiger partial charge is 0.192 e. The standard InChI is InChI=1S/C22H30IN3O/c1-6-8-19(9-7-2)25-21-20(15(3)24-22(23)26-21)14-17-10-12-18(13-11-17)16(4)27-5/h10-13,19H,4,6-9,14H2,1-3,5H3,(H,24,25,26). The van der Waals surface area contributed by atoms with Gasteiger partial charge in [-0.2, -0.15) is 0 Å². The van der Waals surface area contributed by atoms with E-state index in [2.05, 4.69) is 72.4 Å². The van der Waals surface area contributed by atoms with Crippen LogP contribution in [0, 0.1) is 10.8 Å². The Morgan fingerprint density at radius 2 is 1.78 bits per heavy atom. The van der Waals surface area contributed by atoms with Crippen molar-refractivity contribution in [3.63, 3.8) is 0 Å². The second-order valence-electron chi connectivity index (χ2n) is 6.82. The first kappa shape index (κ1) is 21.7. The summed E-state index contributed by atoms with van der Waals surface area (Å²) in [5, 5.41) is 3.70. The van der Waals surface area contributed by atoms with Gasteiger partial charge in [0.1, 0.15) is 11.6 Å². The SMILES string of the molecule is C=C(OC)c1ccc(Cc2c(C)nc(I)nc2NC(CCC)CCC)cc1. The zero-order chi connectivity index (χ0) is 19.8. The van der Waals surface area contributed by atoms with Crippen LogP contribution in [-0.4, -0.2) is 23.1 Å². The van der Waals surface area contributed by atoms with Gasteiger partial charge in [-0.15, -0.1) is 0 Å².